The summed E-state index contributed by atoms with van der Waals surface area (Å²) in [7, 11) is 0. The number of aliphatic hydroxyl groups excluding tert-OH is 1. The predicted molar refractivity (Wildman–Crippen MR) is 68.4 cm³/mol. The van der Waals surface area contributed by atoms with Gasteiger partial charge in [-0.25, -0.2) is 4.79 Å². The zero-order valence-electron chi connectivity index (χ0n) is 11.8. The van der Waals surface area contributed by atoms with Gasteiger partial charge in [0.2, 0.25) is 0 Å². The molecule has 0 radical (unpaired) electrons. The van der Waals surface area contributed by atoms with Crippen LogP contribution in [0.15, 0.2) is 0 Å². The van der Waals surface area contributed by atoms with Crippen molar-refractivity contribution in [1.29, 1.82) is 0 Å². The number of carbonyl (C=O) groups excluding carboxylic acids is 1. The van der Waals surface area contributed by atoms with Gasteiger partial charge in [0.1, 0.15) is 5.60 Å². The van der Waals surface area contributed by atoms with Gasteiger partial charge >= 0.3 is 6.09 Å². The molecule has 5 heteroatoms. The summed E-state index contributed by atoms with van der Waals surface area (Å²) in [6.07, 6.45) is -0.207. The summed E-state index contributed by atoms with van der Waals surface area (Å²) in [5.74, 6) is 0. The Labute approximate surface area is 109 Å². The molecule has 2 aliphatic heterocycles. The fourth-order valence-electron chi connectivity index (χ4n) is 2.88. The van der Waals surface area contributed by atoms with E-state index in [1.54, 1.807) is 4.90 Å². The first-order valence-corrected chi connectivity index (χ1v) is 6.60. The van der Waals surface area contributed by atoms with E-state index in [9.17, 15) is 4.79 Å². The van der Waals surface area contributed by atoms with Gasteiger partial charge in [0.15, 0.2) is 0 Å². The Morgan fingerprint density at radius 1 is 1.39 bits per heavy atom. The first-order chi connectivity index (χ1) is 8.27. The van der Waals surface area contributed by atoms with Crippen LogP contribution in [0.2, 0.25) is 0 Å². The summed E-state index contributed by atoms with van der Waals surface area (Å²) >= 11 is 0. The Morgan fingerprint density at radius 3 is 2.44 bits per heavy atom. The lowest BCUT2D eigenvalue weighted by atomic mass is 9.66. The highest BCUT2D eigenvalue weighted by atomic mass is 16.6. The van der Waals surface area contributed by atoms with E-state index in [1.165, 1.54) is 0 Å². The van der Waals surface area contributed by atoms with Gasteiger partial charge in [-0.15, -0.1) is 0 Å². The van der Waals surface area contributed by atoms with Gasteiger partial charge in [-0.3, -0.25) is 4.90 Å². The minimum absolute atomic E-state index is 0.205. The van der Waals surface area contributed by atoms with Gasteiger partial charge in [0.25, 0.3) is 0 Å². The van der Waals surface area contributed by atoms with Gasteiger partial charge in [-0.05, 0) is 27.7 Å². The molecule has 0 saturated carbocycles. The number of hydrogen-bond donors (Lipinski definition) is 1. The topological polar surface area (TPSA) is 53.0 Å². The number of amides is 1. The smallest absolute Gasteiger partial charge is 0.410 e. The summed E-state index contributed by atoms with van der Waals surface area (Å²) in [6, 6.07) is 0.448. The molecule has 1 unspecified atom stereocenters. The highest BCUT2D eigenvalue weighted by molar-refractivity contribution is 5.69. The van der Waals surface area contributed by atoms with Crippen LogP contribution in [0.5, 0.6) is 0 Å². The Morgan fingerprint density at radius 2 is 2.00 bits per heavy atom. The van der Waals surface area contributed by atoms with Crippen molar-refractivity contribution in [3.8, 4) is 0 Å². The molecule has 5 nitrogen and oxygen atoms in total. The largest absolute Gasteiger partial charge is 0.444 e. The molecule has 1 atom stereocenters. The highest BCUT2D eigenvalue weighted by Crippen LogP contribution is 2.45. The van der Waals surface area contributed by atoms with Crippen molar-refractivity contribution in [3.63, 3.8) is 0 Å². The lowest BCUT2D eigenvalue weighted by Gasteiger charge is -2.64. The van der Waals surface area contributed by atoms with Gasteiger partial charge in [-0.2, -0.15) is 0 Å². The predicted octanol–water partition coefficient (Wildman–Crippen LogP) is 0.920. The summed E-state index contributed by atoms with van der Waals surface area (Å²) in [6.45, 7) is 11.3. The van der Waals surface area contributed by atoms with Crippen LogP contribution in [-0.4, -0.2) is 65.4 Å². The van der Waals surface area contributed by atoms with E-state index in [0.29, 0.717) is 6.04 Å². The number of ether oxygens (including phenoxy) is 1. The van der Waals surface area contributed by atoms with Crippen molar-refractivity contribution < 1.29 is 14.6 Å². The van der Waals surface area contributed by atoms with Crippen LogP contribution in [-0.2, 0) is 4.74 Å². The lowest BCUT2D eigenvalue weighted by Crippen LogP contribution is -2.77. The first kappa shape index (κ1) is 13.6. The van der Waals surface area contributed by atoms with Crippen LogP contribution < -0.4 is 0 Å². The van der Waals surface area contributed by atoms with E-state index in [0.717, 1.165) is 26.2 Å². The summed E-state index contributed by atoms with van der Waals surface area (Å²) in [4.78, 5) is 15.9. The van der Waals surface area contributed by atoms with Crippen molar-refractivity contribution in [1.82, 2.24) is 9.80 Å². The second kappa shape index (κ2) is 4.38. The molecule has 0 aromatic carbocycles. The van der Waals surface area contributed by atoms with E-state index >= 15 is 0 Å². The zero-order chi connectivity index (χ0) is 13.6. The first-order valence-electron chi connectivity index (χ1n) is 6.60. The molecule has 1 amide bonds. The van der Waals surface area contributed by atoms with E-state index in [-0.39, 0.29) is 18.1 Å². The number of nitrogens with zero attached hydrogens (tertiary/aromatic N) is 2. The molecular weight excluding hydrogens is 232 g/mol. The van der Waals surface area contributed by atoms with Crippen molar-refractivity contribution in [2.45, 2.75) is 39.3 Å². The average Bonchev–Trinajstić information content (AvgIpc) is 2.17. The molecule has 2 saturated heterocycles. The maximum atomic E-state index is 11.8. The van der Waals surface area contributed by atoms with Crippen LogP contribution in [0.3, 0.4) is 0 Å². The third-order valence-electron chi connectivity index (χ3n) is 4.00. The zero-order valence-corrected chi connectivity index (χ0v) is 11.8. The molecule has 104 valence electrons. The minimum atomic E-state index is -0.423. The Hall–Kier alpha value is -0.810. The SMILES string of the molecule is CC1N(CCO)CC12CN(C(=O)OC(C)(C)C)C2. The normalized spacial score (nSPS) is 26.7. The van der Waals surface area contributed by atoms with Gasteiger partial charge < -0.3 is 14.7 Å². The van der Waals surface area contributed by atoms with Crippen molar-refractivity contribution in [2.75, 3.05) is 32.8 Å². The molecule has 2 heterocycles. The average molecular weight is 256 g/mol. The molecule has 2 rings (SSSR count). The number of aliphatic hydroxyl groups is 1. The minimum Gasteiger partial charge on any atom is -0.444 e. The summed E-state index contributed by atoms with van der Waals surface area (Å²) < 4.78 is 5.35. The van der Waals surface area contributed by atoms with Crippen LogP contribution in [0.25, 0.3) is 0 Å². The maximum absolute atomic E-state index is 11.8. The fourth-order valence-corrected chi connectivity index (χ4v) is 2.88. The monoisotopic (exact) mass is 256 g/mol. The van der Waals surface area contributed by atoms with Crippen molar-refractivity contribution >= 4 is 6.09 Å². The molecule has 0 aromatic rings. The Balaban J connectivity index is 1.79. The second-order valence-electron chi connectivity index (χ2n) is 6.57. The van der Waals surface area contributed by atoms with Crippen LogP contribution in [0.1, 0.15) is 27.7 Å². The van der Waals surface area contributed by atoms with Gasteiger partial charge in [-0.1, -0.05) is 0 Å². The molecule has 18 heavy (non-hydrogen) atoms. The van der Waals surface area contributed by atoms with Crippen LogP contribution in [0.4, 0.5) is 4.79 Å². The Bertz CT molecular complexity index is 332. The van der Waals surface area contributed by atoms with Crippen LogP contribution >= 0.6 is 0 Å². The molecule has 2 aliphatic rings. The fraction of sp³-hybridized carbons (Fsp3) is 0.923. The van der Waals surface area contributed by atoms with Gasteiger partial charge in [0.05, 0.1) is 6.61 Å². The number of β-amino-alcohol motifs (C(OH)–C–C–N with tert-alkyl or cyclic N) is 1. The van der Waals surface area contributed by atoms with E-state index in [1.807, 2.05) is 20.8 Å². The Kier molecular flexibility index (Phi) is 3.32. The molecule has 2 fully saturated rings. The van der Waals surface area contributed by atoms with Crippen molar-refractivity contribution in [3.05, 3.63) is 0 Å². The second-order valence-corrected chi connectivity index (χ2v) is 6.57. The number of rotatable bonds is 2. The third kappa shape index (κ3) is 2.34. The quantitative estimate of drug-likeness (QED) is 0.798. The molecule has 0 aromatic heterocycles. The molecule has 1 N–H and O–H groups in total. The maximum Gasteiger partial charge on any atom is 0.410 e. The molecule has 1 spiro atoms. The van der Waals surface area contributed by atoms with E-state index < -0.39 is 5.60 Å². The number of likely N-dealkylation sites (tertiary alicyclic amines) is 2. The standard InChI is InChI=1S/C13H24N2O3/c1-10-13(7-14(10)5-6-16)8-15(9-13)11(17)18-12(2,3)4/h10,16H,5-9H2,1-4H3. The van der Waals surface area contributed by atoms with Gasteiger partial charge in [0, 0.05) is 37.6 Å². The summed E-state index contributed by atoms with van der Waals surface area (Å²) in [5.41, 5.74) is -0.180. The lowest BCUT2D eigenvalue weighted by molar-refractivity contribution is -0.155. The van der Waals surface area contributed by atoms with Crippen LogP contribution in [0, 0.1) is 5.41 Å². The third-order valence-corrected chi connectivity index (χ3v) is 4.00. The number of carbonyl (C=O) groups is 1. The molecule has 0 bridgehead atoms. The number of hydrogen-bond acceptors (Lipinski definition) is 4. The molecular formula is C13H24N2O3. The summed E-state index contributed by atoms with van der Waals surface area (Å²) in [5, 5.41) is 8.92. The van der Waals surface area contributed by atoms with E-state index in [2.05, 4.69) is 11.8 Å². The van der Waals surface area contributed by atoms with Crippen molar-refractivity contribution in [2.24, 2.45) is 5.41 Å². The van der Waals surface area contributed by atoms with E-state index in [4.69, 9.17) is 9.84 Å². The highest BCUT2D eigenvalue weighted by Gasteiger charge is 2.58. The molecule has 0 aliphatic carbocycles.